The fourth-order valence-corrected chi connectivity index (χ4v) is 3.52. The first kappa shape index (κ1) is 20.5. The van der Waals surface area contributed by atoms with Crippen molar-refractivity contribution in [1.82, 2.24) is 20.2 Å². The Labute approximate surface area is 171 Å². The Morgan fingerprint density at radius 1 is 1.28 bits per heavy atom. The molecule has 1 N–H and O–H groups in total. The van der Waals surface area contributed by atoms with E-state index in [-0.39, 0.29) is 25.0 Å². The van der Waals surface area contributed by atoms with Crippen molar-refractivity contribution in [2.75, 3.05) is 18.5 Å². The van der Waals surface area contributed by atoms with Crippen LogP contribution in [0.1, 0.15) is 41.9 Å². The number of ether oxygens (including phenoxy) is 2. The van der Waals surface area contributed by atoms with Gasteiger partial charge in [0.15, 0.2) is 6.61 Å². The van der Waals surface area contributed by atoms with Gasteiger partial charge in [0.05, 0.1) is 17.9 Å². The summed E-state index contributed by atoms with van der Waals surface area (Å²) >= 11 is 1.36. The molecule has 3 aromatic rings. The molecule has 0 atom stereocenters. The highest BCUT2D eigenvalue weighted by molar-refractivity contribution is 7.16. The predicted octanol–water partition coefficient (Wildman–Crippen LogP) is 3.04. The van der Waals surface area contributed by atoms with Crippen molar-refractivity contribution in [1.29, 1.82) is 0 Å². The highest BCUT2D eigenvalue weighted by Crippen LogP contribution is 2.33. The topological polar surface area (TPSA) is 108 Å². The van der Waals surface area contributed by atoms with Crippen molar-refractivity contribution in [2.24, 2.45) is 0 Å². The molecule has 0 spiro atoms. The van der Waals surface area contributed by atoms with E-state index in [4.69, 9.17) is 9.47 Å². The molecule has 0 radical (unpaired) electrons. The molecule has 0 fully saturated rings. The summed E-state index contributed by atoms with van der Waals surface area (Å²) in [6.07, 6.45) is 1.46. The molecular formula is C19H21N5O4S. The van der Waals surface area contributed by atoms with Crippen LogP contribution in [0.15, 0.2) is 36.7 Å². The van der Waals surface area contributed by atoms with E-state index >= 15 is 0 Å². The quantitative estimate of drug-likeness (QED) is 0.563. The first-order chi connectivity index (χ1) is 14.0. The summed E-state index contributed by atoms with van der Waals surface area (Å²) in [6.45, 7) is 5.83. The van der Waals surface area contributed by atoms with E-state index in [1.165, 1.54) is 22.3 Å². The average Bonchev–Trinajstić information content (AvgIpc) is 3.37. The third kappa shape index (κ3) is 5.17. The first-order valence-corrected chi connectivity index (χ1v) is 9.86. The second-order valence-electron chi connectivity index (χ2n) is 6.36. The Morgan fingerprint density at radius 2 is 2.10 bits per heavy atom. The number of aromatic nitrogens is 4. The number of esters is 1. The molecule has 10 heteroatoms. The molecule has 0 aliphatic heterocycles. The lowest BCUT2D eigenvalue weighted by atomic mass is 10.1. The Hall–Kier alpha value is -3.27. The van der Waals surface area contributed by atoms with Crippen LogP contribution in [0.2, 0.25) is 0 Å². The summed E-state index contributed by atoms with van der Waals surface area (Å²) in [6, 6.07) is 8.80. The minimum absolute atomic E-state index is 0.212. The van der Waals surface area contributed by atoms with Gasteiger partial charge in [-0.1, -0.05) is 19.9 Å². The lowest BCUT2D eigenvalue weighted by molar-refractivity contribution is -0.118. The third-order valence-electron chi connectivity index (χ3n) is 3.87. The summed E-state index contributed by atoms with van der Waals surface area (Å²) in [4.78, 5) is 25.6. The molecule has 0 bridgehead atoms. The van der Waals surface area contributed by atoms with Crippen LogP contribution in [0.3, 0.4) is 0 Å². The molecule has 152 valence electrons. The summed E-state index contributed by atoms with van der Waals surface area (Å²) in [5, 5.41) is 14.2. The Kier molecular flexibility index (Phi) is 6.55. The smallest absolute Gasteiger partial charge is 0.341 e. The maximum absolute atomic E-state index is 12.4. The number of nitrogens with one attached hydrogen (secondary N) is 1. The van der Waals surface area contributed by atoms with Gasteiger partial charge in [0.2, 0.25) is 0 Å². The number of carbonyl (C=O) groups is 2. The van der Waals surface area contributed by atoms with E-state index in [0.29, 0.717) is 22.0 Å². The van der Waals surface area contributed by atoms with Crippen molar-refractivity contribution in [3.8, 4) is 11.4 Å². The fourth-order valence-electron chi connectivity index (χ4n) is 2.45. The molecule has 0 saturated carbocycles. The largest absolute Gasteiger partial charge is 0.484 e. The zero-order chi connectivity index (χ0) is 20.8. The van der Waals surface area contributed by atoms with Gasteiger partial charge in [0.1, 0.15) is 17.1 Å². The van der Waals surface area contributed by atoms with Gasteiger partial charge in [-0.2, -0.15) is 0 Å². The van der Waals surface area contributed by atoms with E-state index in [1.807, 2.05) is 19.9 Å². The van der Waals surface area contributed by atoms with E-state index in [2.05, 4.69) is 20.8 Å². The van der Waals surface area contributed by atoms with Crippen LogP contribution >= 0.6 is 11.3 Å². The number of anilines is 1. The predicted molar refractivity (Wildman–Crippen MR) is 108 cm³/mol. The zero-order valence-corrected chi connectivity index (χ0v) is 17.1. The van der Waals surface area contributed by atoms with Crippen molar-refractivity contribution < 1.29 is 19.1 Å². The lowest BCUT2D eigenvalue weighted by Gasteiger charge is -2.09. The molecule has 0 unspecified atom stereocenters. The minimum atomic E-state index is -0.457. The number of nitrogens with zero attached hydrogens (tertiary/aromatic N) is 4. The average molecular weight is 415 g/mol. The van der Waals surface area contributed by atoms with Gasteiger partial charge in [-0.15, -0.1) is 16.4 Å². The van der Waals surface area contributed by atoms with E-state index in [0.717, 1.165) is 4.88 Å². The number of amides is 1. The molecule has 1 amide bonds. The molecule has 0 aliphatic carbocycles. The highest BCUT2D eigenvalue weighted by Gasteiger charge is 2.20. The van der Waals surface area contributed by atoms with Gasteiger partial charge in [0, 0.05) is 10.9 Å². The first-order valence-electron chi connectivity index (χ1n) is 9.04. The van der Waals surface area contributed by atoms with Crippen LogP contribution in [-0.2, 0) is 9.53 Å². The van der Waals surface area contributed by atoms with E-state index in [9.17, 15) is 9.59 Å². The van der Waals surface area contributed by atoms with Crippen LogP contribution in [0.4, 0.5) is 5.00 Å². The second kappa shape index (κ2) is 9.28. The maximum Gasteiger partial charge on any atom is 0.341 e. The Balaban J connectivity index is 1.67. The molecule has 29 heavy (non-hydrogen) atoms. The third-order valence-corrected chi connectivity index (χ3v) is 5.22. The van der Waals surface area contributed by atoms with Gasteiger partial charge < -0.3 is 14.8 Å². The van der Waals surface area contributed by atoms with E-state index < -0.39 is 5.97 Å². The highest BCUT2D eigenvalue weighted by atomic mass is 32.1. The van der Waals surface area contributed by atoms with Gasteiger partial charge in [0.25, 0.3) is 5.91 Å². The van der Waals surface area contributed by atoms with Crippen molar-refractivity contribution in [3.05, 3.63) is 47.1 Å². The van der Waals surface area contributed by atoms with Gasteiger partial charge in [-0.05, 0) is 41.5 Å². The molecule has 9 nitrogen and oxygen atoms in total. The SMILES string of the molecule is CCOC(=O)c1cc(C(C)C)sc1NC(=O)COc1cccc(-n2cnnn2)c1. The molecule has 0 saturated heterocycles. The normalized spacial score (nSPS) is 10.8. The number of hydrogen-bond donors (Lipinski definition) is 1. The van der Waals surface area contributed by atoms with Crippen LogP contribution < -0.4 is 10.1 Å². The van der Waals surface area contributed by atoms with Gasteiger partial charge >= 0.3 is 5.97 Å². The Bertz CT molecular complexity index is 984. The molecule has 1 aromatic carbocycles. The van der Waals surface area contributed by atoms with Gasteiger partial charge in [-0.25, -0.2) is 9.48 Å². The van der Waals surface area contributed by atoms with Crippen LogP contribution in [0.5, 0.6) is 5.75 Å². The monoisotopic (exact) mass is 415 g/mol. The molecule has 0 aliphatic rings. The van der Waals surface area contributed by atoms with Crippen LogP contribution in [0.25, 0.3) is 5.69 Å². The number of hydrogen-bond acceptors (Lipinski definition) is 8. The van der Waals surface area contributed by atoms with Crippen LogP contribution in [-0.4, -0.2) is 45.3 Å². The van der Waals surface area contributed by atoms with Crippen molar-refractivity contribution in [3.63, 3.8) is 0 Å². The molecule has 2 aromatic heterocycles. The molecule has 3 rings (SSSR count). The van der Waals surface area contributed by atoms with Gasteiger partial charge in [-0.3, -0.25) is 4.79 Å². The number of tetrazole rings is 1. The summed E-state index contributed by atoms with van der Waals surface area (Å²) in [7, 11) is 0. The minimum Gasteiger partial charge on any atom is -0.484 e. The Morgan fingerprint density at radius 3 is 2.79 bits per heavy atom. The summed E-state index contributed by atoms with van der Waals surface area (Å²) in [5.74, 6) is -0.113. The summed E-state index contributed by atoms with van der Waals surface area (Å²) in [5.41, 5.74) is 1.06. The van der Waals surface area contributed by atoms with Crippen molar-refractivity contribution in [2.45, 2.75) is 26.7 Å². The maximum atomic E-state index is 12.4. The lowest BCUT2D eigenvalue weighted by Crippen LogP contribution is -2.21. The standard InChI is InChI=1S/C19H21N5O4S/c1-4-27-19(26)15-9-16(12(2)3)29-18(15)21-17(25)10-28-14-7-5-6-13(8-14)24-11-20-22-23-24/h5-9,11-12H,4,10H2,1-3H3,(H,21,25). The fraction of sp³-hybridized carbons (Fsp3) is 0.316. The molecular weight excluding hydrogens is 394 g/mol. The number of benzene rings is 1. The second-order valence-corrected chi connectivity index (χ2v) is 7.44. The van der Waals surface area contributed by atoms with E-state index in [1.54, 1.807) is 31.2 Å². The number of carbonyl (C=O) groups excluding carboxylic acids is 2. The zero-order valence-electron chi connectivity index (χ0n) is 16.3. The molecule has 2 heterocycles. The van der Waals surface area contributed by atoms with Crippen LogP contribution in [0, 0.1) is 0 Å². The van der Waals surface area contributed by atoms with Crippen molar-refractivity contribution >= 4 is 28.2 Å². The number of thiophene rings is 1. The number of rotatable bonds is 8. The summed E-state index contributed by atoms with van der Waals surface area (Å²) < 4.78 is 12.1.